The van der Waals surface area contributed by atoms with Crippen molar-refractivity contribution >= 4 is 11.8 Å². The molecule has 130 valence electrons. The smallest absolute Gasteiger partial charge is 0.254 e. The van der Waals surface area contributed by atoms with Gasteiger partial charge in [0.1, 0.15) is 6.04 Å². The third-order valence-electron chi connectivity index (χ3n) is 4.68. The number of nitrogens with zero attached hydrogens (tertiary/aromatic N) is 3. The maximum Gasteiger partial charge on any atom is 0.254 e. The van der Waals surface area contributed by atoms with E-state index in [9.17, 15) is 9.59 Å². The van der Waals surface area contributed by atoms with Crippen molar-refractivity contribution in [3.63, 3.8) is 0 Å². The van der Waals surface area contributed by atoms with E-state index < -0.39 is 11.9 Å². The molecule has 2 N–H and O–H groups in total. The van der Waals surface area contributed by atoms with Gasteiger partial charge in [0.05, 0.1) is 5.69 Å². The number of benzene rings is 2. The molecule has 0 saturated carbocycles. The number of hydrogen-bond acceptors (Lipinski definition) is 3. The van der Waals surface area contributed by atoms with E-state index in [1.807, 2.05) is 42.6 Å². The number of fused-ring (bicyclic) bond motifs is 1. The molecule has 4 rings (SSSR count). The maximum atomic E-state index is 13.1. The summed E-state index contributed by atoms with van der Waals surface area (Å²) in [6.45, 7) is 0.454. The molecule has 1 aromatic heterocycles. The van der Waals surface area contributed by atoms with Crippen molar-refractivity contribution in [3.05, 3.63) is 83.7 Å². The molecule has 0 saturated heterocycles. The van der Waals surface area contributed by atoms with Crippen molar-refractivity contribution in [3.8, 4) is 5.69 Å². The predicted molar refractivity (Wildman–Crippen MR) is 96.7 cm³/mol. The van der Waals surface area contributed by atoms with Crippen molar-refractivity contribution in [1.29, 1.82) is 0 Å². The van der Waals surface area contributed by atoms with Crippen LogP contribution in [0, 0.1) is 0 Å². The second kappa shape index (κ2) is 6.48. The van der Waals surface area contributed by atoms with Gasteiger partial charge >= 0.3 is 0 Å². The van der Waals surface area contributed by atoms with Crippen LogP contribution in [-0.2, 0) is 11.2 Å². The molecule has 0 fully saturated rings. The fourth-order valence-electron chi connectivity index (χ4n) is 3.46. The molecule has 2 amide bonds. The van der Waals surface area contributed by atoms with Gasteiger partial charge in [0.2, 0.25) is 5.91 Å². The van der Waals surface area contributed by atoms with Crippen LogP contribution in [0.3, 0.4) is 0 Å². The Hall–Kier alpha value is -3.41. The van der Waals surface area contributed by atoms with E-state index in [1.54, 1.807) is 34.0 Å². The summed E-state index contributed by atoms with van der Waals surface area (Å²) < 4.78 is 1.69. The van der Waals surface area contributed by atoms with E-state index in [0.29, 0.717) is 18.5 Å². The lowest BCUT2D eigenvalue weighted by Crippen LogP contribution is -2.45. The van der Waals surface area contributed by atoms with Crippen LogP contribution < -0.4 is 5.73 Å². The molecule has 1 aliphatic rings. The predicted octanol–water partition coefficient (Wildman–Crippen LogP) is 2.10. The molecule has 3 aromatic rings. The van der Waals surface area contributed by atoms with Crippen LogP contribution in [0.2, 0.25) is 0 Å². The second-order valence-electron chi connectivity index (χ2n) is 6.25. The normalized spacial score (nSPS) is 16.2. The summed E-state index contributed by atoms with van der Waals surface area (Å²) in [6.07, 6.45) is 4.19. The average molecular weight is 346 g/mol. The van der Waals surface area contributed by atoms with Gasteiger partial charge in [-0.05, 0) is 41.8 Å². The molecule has 6 nitrogen and oxygen atoms in total. The topological polar surface area (TPSA) is 81.2 Å². The SMILES string of the molecule is NC(=O)C1c2ccccc2CCN1C(=O)c1cccc(-n2cccn2)c1. The summed E-state index contributed by atoms with van der Waals surface area (Å²) in [5.41, 5.74) is 8.81. The van der Waals surface area contributed by atoms with E-state index in [2.05, 4.69) is 5.10 Å². The fraction of sp³-hybridized carbons (Fsp3) is 0.150. The summed E-state index contributed by atoms with van der Waals surface area (Å²) in [4.78, 5) is 26.8. The molecule has 1 unspecified atom stereocenters. The van der Waals surface area contributed by atoms with E-state index in [4.69, 9.17) is 5.73 Å². The van der Waals surface area contributed by atoms with Gasteiger partial charge in [0.25, 0.3) is 5.91 Å². The second-order valence-corrected chi connectivity index (χ2v) is 6.25. The zero-order chi connectivity index (χ0) is 18.1. The molecule has 2 aromatic carbocycles. The van der Waals surface area contributed by atoms with Crippen LogP contribution in [0.25, 0.3) is 5.69 Å². The lowest BCUT2D eigenvalue weighted by atomic mass is 9.91. The van der Waals surface area contributed by atoms with Gasteiger partial charge in [-0.25, -0.2) is 4.68 Å². The number of carbonyl (C=O) groups is 2. The first-order chi connectivity index (χ1) is 12.6. The minimum Gasteiger partial charge on any atom is -0.368 e. The molecular formula is C20H18N4O2. The molecule has 6 heteroatoms. The Morgan fingerprint density at radius 1 is 1.08 bits per heavy atom. The van der Waals surface area contributed by atoms with Crippen molar-refractivity contribution in [1.82, 2.24) is 14.7 Å². The van der Waals surface area contributed by atoms with Crippen LogP contribution in [0.15, 0.2) is 67.0 Å². The molecule has 0 spiro atoms. The zero-order valence-electron chi connectivity index (χ0n) is 14.1. The highest BCUT2D eigenvalue weighted by Crippen LogP contribution is 2.30. The van der Waals surface area contributed by atoms with Crippen molar-refractivity contribution in [2.24, 2.45) is 5.73 Å². The summed E-state index contributed by atoms with van der Waals surface area (Å²) >= 11 is 0. The minimum absolute atomic E-state index is 0.211. The van der Waals surface area contributed by atoms with Crippen LogP contribution >= 0.6 is 0 Å². The van der Waals surface area contributed by atoms with Gasteiger partial charge in [-0.3, -0.25) is 9.59 Å². The Kier molecular flexibility index (Phi) is 4.01. The van der Waals surface area contributed by atoms with Gasteiger partial charge in [-0.15, -0.1) is 0 Å². The van der Waals surface area contributed by atoms with Gasteiger partial charge in [0.15, 0.2) is 0 Å². The van der Waals surface area contributed by atoms with Crippen LogP contribution in [0.4, 0.5) is 0 Å². The Labute approximate surface area is 150 Å². The van der Waals surface area contributed by atoms with Crippen molar-refractivity contribution < 1.29 is 9.59 Å². The minimum atomic E-state index is -0.749. The maximum absolute atomic E-state index is 13.1. The highest BCUT2D eigenvalue weighted by molar-refractivity contribution is 5.98. The van der Waals surface area contributed by atoms with Crippen LogP contribution in [-0.4, -0.2) is 33.0 Å². The Bertz CT molecular complexity index is 965. The summed E-state index contributed by atoms with van der Waals surface area (Å²) in [6, 6.07) is 15.9. The molecular weight excluding hydrogens is 328 g/mol. The fourth-order valence-corrected chi connectivity index (χ4v) is 3.46. The quantitative estimate of drug-likeness (QED) is 0.788. The van der Waals surface area contributed by atoms with Gasteiger partial charge in [-0.1, -0.05) is 30.3 Å². The first-order valence-electron chi connectivity index (χ1n) is 8.43. The summed E-state index contributed by atoms with van der Waals surface area (Å²) in [5.74, 6) is -0.731. The first kappa shape index (κ1) is 16.1. The zero-order valence-corrected chi connectivity index (χ0v) is 14.1. The molecule has 2 heterocycles. The molecule has 1 atom stereocenters. The highest BCUT2D eigenvalue weighted by atomic mass is 16.2. The molecule has 0 radical (unpaired) electrons. The van der Waals surface area contributed by atoms with E-state index in [1.165, 1.54) is 0 Å². The Morgan fingerprint density at radius 3 is 2.69 bits per heavy atom. The lowest BCUT2D eigenvalue weighted by molar-refractivity contribution is -0.123. The summed E-state index contributed by atoms with van der Waals surface area (Å²) in [5, 5.41) is 4.19. The van der Waals surface area contributed by atoms with E-state index >= 15 is 0 Å². The van der Waals surface area contributed by atoms with Crippen molar-refractivity contribution in [2.75, 3.05) is 6.54 Å². The largest absolute Gasteiger partial charge is 0.368 e. The average Bonchev–Trinajstić information content (AvgIpc) is 3.21. The number of primary amides is 1. The number of rotatable bonds is 3. The monoisotopic (exact) mass is 346 g/mol. The van der Waals surface area contributed by atoms with Crippen molar-refractivity contribution in [2.45, 2.75) is 12.5 Å². The van der Waals surface area contributed by atoms with E-state index in [0.717, 1.165) is 16.8 Å². The first-order valence-corrected chi connectivity index (χ1v) is 8.43. The van der Waals surface area contributed by atoms with Gasteiger partial charge < -0.3 is 10.6 Å². The lowest BCUT2D eigenvalue weighted by Gasteiger charge is -2.35. The van der Waals surface area contributed by atoms with Crippen LogP contribution in [0.1, 0.15) is 27.5 Å². The number of nitrogens with two attached hydrogens (primary N) is 1. The number of amides is 2. The van der Waals surface area contributed by atoms with Gasteiger partial charge in [-0.2, -0.15) is 5.10 Å². The third-order valence-corrected chi connectivity index (χ3v) is 4.68. The number of carbonyl (C=O) groups excluding carboxylic acids is 2. The van der Waals surface area contributed by atoms with Gasteiger partial charge in [0, 0.05) is 24.5 Å². The number of aromatic nitrogens is 2. The Balaban J connectivity index is 1.70. The molecule has 0 aliphatic carbocycles. The molecule has 0 bridgehead atoms. The highest BCUT2D eigenvalue weighted by Gasteiger charge is 2.34. The molecule has 1 aliphatic heterocycles. The van der Waals surface area contributed by atoms with E-state index in [-0.39, 0.29) is 5.91 Å². The Morgan fingerprint density at radius 2 is 1.92 bits per heavy atom. The standard InChI is InChI=1S/C20H18N4O2/c21-19(25)18-17-8-2-1-5-14(17)9-12-23(18)20(26)15-6-3-7-16(13-15)24-11-4-10-22-24/h1-8,10-11,13,18H,9,12H2,(H2,21,25). The number of hydrogen-bond donors (Lipinski definition) is 1. The van der Waals surface area contributed by atoms with Crippen LogP contribution in [0.5, 0.6) is 0 Å². The third kappa shape index (κ3) is 2.75. The molecule has 26 heavy (non-hydrogen) atoms. The summed E-state index contributed by atoms with van der Waals surface area (Å²) in [7, 11) is 0.